The molecule has 6 nitrogen and oxygen atoms in total. The van der Waals surface area contributed by atoms with Gasteiger partial charge in [-0.05, 0) is 34.1 Å². The number of nitrogens with one attached hydrogen (secondary N) is 1. The molecule has 0 bridgehead atoms. The smallest absolute Gasteiger partial charge is 0.309 e. The Hall–Kier alpha value is -1.14. The number of aliphatic carboxylic acids is 1. The van der Waals surface area contributed by atoms with Gasteiger partial charge in [0.05, 0.1) is 24.2 Å². The molecule has 0 aliphatic rings. The predicted octanol–water partition coefficient (Wildman–Crippen LogP) is 1.42. The van der Waals surface area contributed by atoms with Crippen molar-refractivity contribution in [3.63, 3.8) is 0 Å². The van der Waals surface area contributed by atoms with Crippen LogP contribution in [0.1, 0.15) is 48.0 Å². The van der Waals surface area contributed by atoms with Gasteiger partial charge < -0.3 is 20.3 Å². The SMILES string of the molecule is CC(C)(CO)OCCNC(=O)C(C)(C)CC(C)(C)C(=O)O. The van der Waals surface area contributed by atoms with Crippen LogP contribution in [0.3, 0.4) is 0 Å². The van der Waals surface area contributed by atoms with E-state index in [4.69, 9.17) is 14.9 Å². The van der Waals surface area contributed by atoms with E-state index in [1.807, 2.05) is 0 Å². The molecule has 0 atom stereocenters. The molecule has 0 rings (SSSR count). The Labute approximate surface area is 126 Å². The topological polar surface area (TPSA) is 95.9 Å². The Morgan fingerprint density at radius 1 is 1.05 bits per heavy atom. The van der Waals surface area contributed by atoms with Crippen molar-refractivity contribution in [2.24, 2.45) is 10.8 Å². The van der Waals surface area contributed by atoms with E-state index in [0.29, 0.717) is 6.54 Å². The van der Waals surface area contributed by atoms with Crippen molar-refractivity contribution in [1.82, 2.24) is 5.32 Å². The van der Waals surface area contributed by atoms with Gasteiger partial charge in [0.1, 0.15) is 0 Å². The van der Waals surface area contributed by atoms with Crippen molar-refractivity contribution in [1.29, 1.82) is 0 Å². The number of carbonyl (C=O) groups excluding carboxylic acids is 1. The first kappa shape index (κ1) is 19.9. The van der Waals surface area contributed by atoms with Gasteiger partial charge in [0.15, 0.2) is 0 Å². The summed E-state index contributed by atoms with van der Waals surface area (Å²) in [6.07, 6.45) is 0.240. The van der Waals surface area contributed by atoms with E-state index in [0.717, 1.165) is 0 Å². The van der Waals surface area contributed by atoms with Crippen LogP contribution in [-0.2, 0) is 14.3 Å². The van der Waals surface area contributed by atoms with Crippen molar-refractivity contribution in [2.45, 2.75) is 53.6 Å². The van der Waals surface area contributed by atoms with Crippen LogP contribution in [0.4, 0.5) is 0 Å². The Morgan fingerprint density at radius 3 is 2.00 bits per heavy atom. The van der Waals surface area contributed by atoms with Crippen LogP contribution in [0, 0.1) is 10.8 Å². The zero-order valence-corrected chi connectivity index (χ0v) is 13.9. The van der Waals surface area contributed by atoms with Crippen LogP contribution < -0.4 is 5.32 Å². The van der Waals surface area contributed by atoms with Crippen LogP contribution in [0.2, 0.25) is 0 Å². The summed E-state index contributed by atoms with van der Waals surface area (Å²) in [4.78, 5) is 23.3. The third-order valence-corrected chi connectivity index (χ3v) is 3.34. The first-order valence-corrected chi connectivity index (χ1v) is 7.11. The minimum absolute atomic E-state index is 0.0980. The summed E-state index contributed by atoms with van der Waals surface area (Å²) in [5, 5.41) is 20.9. The monoisotopic (exact) mass is 303 g/mol. The third-order valence-electron chi connectivity index (χ3n) is 3.34. The number of hydrogen-bond acceptors (Lipinski definition) is 4. The van der Waals surface area contributed by atoms with Crippen LogP contribution >= 0.6 is 0 Å². The van der Waals surface area contributed by atoms with Crippen LogP contribution in [0.25, 0.3) is 0 Å². The van der Waals surface area contributed by atoms with Gasteiger partial charge >= 0.3 is 5.97 Å². The molecule has 0 saturated heterocycles. The highest BCUT2D eigenvalue weighted by Gasteiger charge is 2.38. The number of aliphatic hydroxyl groups is 1. The van der Waals surface area contributed by atoms with Gasteiger partial charge in [-0.2, -0.15) is 0 Å². The van der Waals surface area contributed by atoms with Crippen LogP contribution in [0.5, 0.6) is 0 Å². The second kappa shape index (κ2) is 7.22. The summed E-state index contributed by atoms with van der Waals surface area (Å²) in [6.45, 7) is 10.7. The van der Waals surface area contributed by atoms with Gasteiger partial charge in [-0.1, -0.05) is 13.8 Å². The molecule has 0 spiro atoms. The van der Waals surface area contributed by atoms with Crippen molar-refractivity contribution in [3.05, 3.63) is 0 Å². The molecule has 0 radical (unpaired) electrons. The average Bonchev–Trinajstić information content (AvgIpc) is 2.32. The second-order valence-electron chi connectivity index (χ2n) is 7.27. The first-order chi connectivity index (χ1) is 9.34. The Balaban J connectivity index is 4.36. The molecule has 0 fully saturated rings. The molecule has 0 heterocycles. The van der Waals surface area contributed by atoms with Crippen molar-refractivity contribution < 1.29 is 24.5 Å². The van der Waals surface area contributed by atoms with E-state index in [-0.39, 0.29) is 25.5 Å². The number of ether oxygens (including phenoxy) is 1. The highest BCUT2D eigenvalue weighted by molar-refractivity contribution is 5.83. The molecular formula is C15H29NO5. The van der Waals surface area contributed by atoms with Crippen molar-refractivity contribution in [2.75, 3.05) is 19.8 Å². The quantitative estimate of drug-likeness (QED) is 0.560. The van der Waals surface area contributed by atoms with E-state index in [1.165, 1.54) is 0 Å². The predicted molar refractivity (Wildman–Crippen MR) is 79.9 cm³/mol. The third kappa shape index (κ3) is 6.91. The second-order valence-corrected chi connectivity index (χ2v) is 7.27. The Morgan fingerprint density at radius 2 is 1.57 bits per heavy atom. The molecule has 21 heavy (non-hydrogen) atoms. The zero-order valence-electron chi connectivity index (χ0n) is 13.9. The fourth-order valence-electron chi connectivity index (χ4n) is 2.04. The Bertz CT molecular complexity index is 374. The van der Waals surface area contributed by atoms with Crippen molar-refractivity contribution >= 4 is 11.9 Å². The van der Waals surface area contributed by atoms with Gasteiger partial charge in [0.25, 0.3) is 0 Å². The summed E-state index contributed by atoms with van der Waals surface area (Å²) in [5.41, 5.74) is -2.38. The minimum Gasteiger partial charge on any atom is -0.481 e. The summed E-state index contributed by atoms with van der Waals surface area (Å²) in [5.74, 6) is -1.13. The van der Waals surface area contributed by atoms with E-state index in [1.54, 1.807) is 41.5 Å². The number of carboxylic acids is 1. The number of aliphatic hydroxyl groups excluding tert-OH is 1. The van der Waals surface area contributed by atoms with E-state index in [9.17, 15) is 9.59 Å². The van der Waals surface area contributed by atoms with Gasteiger partial charge in [-0.3, -0.25) is 9.59 Å². The number of hydrogen-bond donors (Lipinski definition) is 3. The number of rotatable bonds is 9. The van der Waals surface area contributed by atoms with E-state index < -0.39 is 22.4 Å². The molecular weight excluding hydrogens is 274 g/mol. The molecule has 124 valence electrons. The summed E-state index contributed by atoms with van der Waals surface area (Å²) < 4.78 is 5.42. The number of carboxylic acid groups (broad SMARTS) is 1. The Kier molecular flexibility index (Phi) is 6.83. The lowest BCUT2D eigenvalue weighted by Gasteiger charge is -2.31. The number of amides is 1. The minimum atomic E-state index is -0.962. The van der Waals surface area contributed by atoms with Gasteiger partial charge in [0, 0.05) is 12.0 Å². The molecule has 0 saturated carbocycles. The standard InChI is InChI=1S/C15H29NO5/c1-13(2,9-14(3,4)12(19)20)11(18)16-7-8-21-15(5,6)10-17/h17H,7-10H2,1-6H3,(H,16,18)(H,19,20). The fraction of sp³-hybridized carbons (Fsp3) is 0.867. The maximum Gasteiger partial charge on any atom is 0.309 e. The molecule has 0 unspecified atom stereocenters. The van der Waals surface area contributed by atoms with E-state index in [2.05, 4.69) is 5.32 Å². The molecule has 1 amide bonds. The highest BCUT2D eigenvalue weighted by atomic mass is 16.5. The molecule has 0 aromatic rings. The molecule has 6 heteroatoms. The normalized spacial score (nSPS) is 13.1. The maximum absolute atomic E-state index is 12.2. The lowest BCUT2D eigenvalue weighted by atomic mass is 9.74. The van der Waals surface area contributed by atoms with Crippen LogP contribution in [0.15, 0.2) is 0 Å². The average molecular weight is 303 g/mol. The maximum atomic E-state index is 12.2. The summed E-state index contributed by atoms with van der Waals surface area (Å²) in [6, 6.07) is 0. The van der Waals surface area contributed by atoms with E-state index >= 15 is 0 Å². The summed E-state index contributed by atoms with van der Waals surface area (Å²) >= 11 is 0. The molecule has 0 aromatic heterocycles. The van der Waals surface area contributed by atoms with Crippen molar-refractivity contribution in [3.8, 4) is 0 Å². The number of carbonyl (C=O) groups is 2. The molecule has 0 aliphatic heterocycles. The van der Waals surface area contributed by atoms with Gasteiger partial charge in [-0.15, -0.1) is 0 Å². The molecule has 3 N–H and O–H groups in total. The van der Waals surface area contributed by atoms with Crippen LogP contribution in [-0.4, -0.2) is 47.4 Å². The largest absolute Gasteiger partial charge is 0.481 e. The highest BCUT2D eigenvalue weighted by Crippen LogP contribution is 2.34. The summed E-state index contributed by atoms with van der Waals surface area (Å²) in [7, 11) is 0. The van der Waals surface area contributed by atoms with Gasteiger partial charge in [-0.25, -0.2) is 0 Å². The molecule has 0 aromatic carbocycles. The first-order valence-electron chi connectivity index (χ1n) is 7.11. The molecule has 0 aliphatic carbocycles. The lowest BCUT2D eigenvalue weighted by Crippen LogP contribution is -2.43. The zero-order chi connectivity index (χ0) is 16.9. The lowest BCUT2D eigenvalue weighted by molar-refractivity contribution is -0.149. The fourth-order valence-corrected chi connectivity index (χ4v) is 2.04. The van der Waals surface area contributed by atoms with Gasteiger partial charge in [0.2, 0.25) is 5.91 Å².